The first-order valence-corrected chi connectivity index (χ1v) is 8.95. The van der Waals surface area contributed by atoms with Gasteiger partial charge in [-0.1, -0.05) is 24.3 Å². The van der Waals surface area contributed by atoms with Gasteiger partial charge in [0.2, 0.25) is 5.91 Å². The highest BCUT2D eigenvalue weighted by atomic mass is 16.4. The number of benzene rings is 1. The number of hydrogen-bond acceptors (Lipinski definition) is 4. The number of carbonyl (C=O) groups excluding carboxylic acids is 1. The zero-order valence-corrected chi connectivity index (χ0v) is 16.3. The van der Waals surface area contributed by atoms with Crippen LogP contribution in [0.4, 0.5) is 5.69 Å². The summed E-state index contributed by atoms with van der Waals surface area (Å²) in [6.07, 6.45) is 1.37. The number of rotatable bonds is 6. The number of amides is 1. The maximum Gasteiger partial charge on any atom is 0.354 e. The molecule has 0 saturated carbocycles. The van der Waals surface area contributed by atoms with E-state index in [4.69, 9.17) is 0 Å². The van der Waals surface area contributed by atoms with Gasteiger partial charge < -0.3 is 10.4 Å². The SMILES string of the molecule is Cc1ccccc1Cn1nc(C)c(NC(=O)C(C)n2nccc2C(=O)O)c1C. The van der Waals surface area contributed by atoms with E-state index in [2.05, 4.69) is 34.6 Å². The Morgan fingerprint density at radius 2 is 1.89 bits per heavy atom. The molecule has 0 aliphatic heterocycles. The first-order valence-electron chi connectivity index (χ1n) is 8.95. The molecule has 2 N–H and O–H groups in total. The predicted octanol–water partition coefficient (Wildman–Crippen LogP) is 2.95. The van der Waals surface area contributed by atoms with Crippen LogP contribution in [0.3, 0.4) is 0 Å². The van der Waals surface area contributed by atoms with Gasteiger partial charge in [-0.25, -0.2) is 9.48 Å². The maximum atomic E-state index is 12.7. The molecule has 28 heavy (non-hydrogen) atoms. The number of aromatic carboxylic acids is 1. The summed E-state index contributed by atoms with van der Waals surface area (Å²) in [7, 11) is 0. The molecule has 0 aliphatic carbocycles. The van der Waals surface area contributed by atoms with Crippen molar-refractivity contribution in [3.63, 3.8) is 0 Å². The van der Waals surface area contributed by atoms with Crippen molar-refractivity contribution in [1.82, 2.24) is 19.6 Å². The van der Waals surface area contributed by atoms with Crippen LogP contribution in [0.15, 0.2) is 36.5 Å². The standard InChI is InChI=1S/C20H23N5O3/c1-12-7-5-6-8-16(12)11-24-14(3)18(13(2)23-24)22-19(26)15(4)25-17(20(27)28)9-10-21-25/h5-10,15H,11H2,1-4H3,(H,22,26)(H,27,28). The minimum atomic E-state index is -1.13. The Hall–Kier alpha value is -3.42. The number of hydrogen-bond donors (Lipinski definition) is 2. The van der Waals surface area contributed by atoms with Crippen molar-refractivity contribution in [2.45, 2.75) is 40.3 Å². The molecule has 0 spiro atoms. The van der Waals surface area contributed by atoms with E-state index in [1.807, 2.05) is 30.7 Å². The number of carboxylic acid groups (broad SMARTS) is 1. The van der Waals surface area contributed by atoms with E-state index in [1.54, 1.807) is 6.92 Å². The number of aromatic nitrogens is 4. The molecule has 1 atom stereocenters. The monoisotopic (exact) mass is 381 g/mol. The summed E-state index contributed by atoms with van der Waals surface area (Å²) in [6.45, 7) is 7.99. The lowest BCUT2D eigenvalue weighted by Crippen LogP contribution is -2.27. The predicted molar refractivity (Wildman–Crippen MR) is 105 cm³/mol. The molecular formula is C20H23N5O3. The van der Waals surface area contributed by atoms with E-state index in [0.29, 0.717) is 17.9 Å². The third kappa shape index (κ3) is 3.66. The third-order valence-corrected chi connectivity index (χ3v) is 4.85. The van der Waals surface area contributed by atoms with Crippen molar-refractivity contribution in [1.29, 1.82) is 0 Å². The van der Waals surface area contributed by atoms with Crippen LogP contribution in [0.5, 0.6) is 0 Å². The lowest BCUT2D eigenvalue weighted by molar-refractivity contribution is -0.119. The van der Waals surface area contributed by atoms with Crippen molar-refractivity contribution in [3.8, 4) is 0 Å². The van der Waals surface area contributed by atoms with E-state index < -0.39 is 12.0 Å². The van der Waals surface area contributed by atoms with Crippen molar-refractivity contribution >= 4 is 17.6 Å². The number of carbonyl (C=O) groups is 2. The summed E-state index contributed by atoms with van der Waals surface area (Å²) in [4.78, 5) is 24.0. The minimum absolute atomic E-state index is 0.0358. The van der Waals surface area contributed by atoms with Gasteiger partial charge in [-0.15, -0.1) is 0 Å². The molecule has 3 aromatic rings. The summed E-state index contributed by atoms with van der Waals surface area (Å²) < 4.78 is 3.05. The summed E-state index contributed by atoms with van der Waals surface area (Å²) >= 11 is 0. The van der Waals surface area contributed by atoms with Gasteiger partial charge in [0.25, 0.3) is 0 Å². The van der Waals surface area contributed by atoms with Crippen molar-refractivity contribution in [2.75, 3.05) is 5.32 Å². The second-order valence-electron chi connectivity index (χ2n) is 6.76. The average Bonchev–Trinajstić information content (AvgIpc) is 3.24. The molecule has 2 aromatic heterocycles. The molecule has 1 unspecified atom stereocenters. The number of anilines is 1. The van der Waals surface area contributed by atoms with Crippen LogP contribution in [0.25, 0.3) is 0 Å². The second-order valence-corrected chi connectivity index (χ2v) is 6.76. The first-order chi connectivity index (χ1) is 13.3. The van der Waals surface area contributed by atoms with Gasteiger partial charge in [0, 0.05) is 6.20 Å². The normalized spacial score (nSPS) is 12.0. The van der Waals surface area contributed by atoms with Crippen LogP contribution in [0.1, 0.15) is 46.0 Å². The molecule has 3 rings (SSSR count). The van der Waals surface area contributed by atoms with Gasteiger partial charge in [-0.3, -0.25) is 9.48 Å². The summed E-state index contributed by atoms with van der Waals surface area (Å²) in [5.74, 6) is -1.48. The Balaban J connectivity index is 1.82. The Morgan fingerprint density at radius 3 is 2.57 bits per heavy atom. The molecular weight excluding hydrogens is 358 g/mol. The Kier molecular flexibility index (Phi) is 5.30. The molecule has 0 radical (unpaired) electrons. The topological polar surface area (TPSA) is 102 Å². The highest BCUT2D eigenvalue weighted by molar-refractivity contribution is 5.95. The maximum absolute atomic E-state index is 12.7. The van der Waals surface area contributed by atoms with Gasteiger partial charge in [0.1, 0.15) is 11.7 Å². The summed E-state index contributed by atoms with van der Waals surface area (Å²) in [6, 6.07) is 8.67. The minimum Gasteiger partial charge on any atom is -0.477 e. The van der Waals surface area contributed by atoms with Gasteiger partial charge in [-0.2, -0.15) is 10.2 Å². The van der Waals surface area contributed by atoms with E-state index in [1.165, 1.54) is 22.5 Å². The van der Waals surface area contributed by atoms with E-state index in [-0.39, 0.29) is 11.6 Å². The molecule has 146 valence electrons. The smallest absolute Gasteiger partial charge is 0.354 e. The van der Waals surface area contributed by atoms with E-state index in [0.717, 1.165) is 11.3 Å². The van der Waals surface area contributed by atoms with Gasteiger partial charge in [-0.05, 0) is 44.9 Å². The lowest BCUT2D eigenvalue weighted by atomic mass is 10.1. The Bertz CT molecular complexity index is 1030. The zero-order valence-electron chi connectivity index (χ0n) is 16.3. The van der Waals surface area contributed by atoms with Gasteiger partial charge in [0.05, 0.1) is 23.6 Å². The molecule has 2 heterocycles. The molecule has 0 fully saturated rings. The molecule has 8 heteroatoms. The number of aryl methyl sites for hydroxylation is 2. The number of nitrogens with one attached hydrogen (secondary N) is 1. The highest BCUT2D eigenvalue weighted by Gasteiger charge is 2.23. The zero-order chi connectivity index (χ0) is 20.4. The van der Waals surface area contributed by atoms with Crippen LogP contribution in [-0.4, -0.2) is 36.5 Å². The molecule has 0 aliphatic rings. The quantitative estimate of drug-likeness (QED) is 0.683. The lowest BCUT2D eigenvalue weighted by Gasteiger charge is -2.15. The fourth-order valence-electron chi connectivity index (χ4n) is 3.11. The van der Waals surface area contributed by atoms with Crippen LogP contribution in [-0.2, 0) is 11.3 Å². The molecule has 1 aromatic carbocycles. The van der Waals surface area contributed by atoms with Crippen LogP contribution < -0.4 is 5.32 Å². The molecule has 8 nitrogen and oxygen atoms in total. The van der Waals surface area contributed by atoms with Crippen molar-refractivity contribution in [2.24, 2.45) is 0 Å². The van der Waals surface area contributed by atoms with Crippen molar-refractivity contribution < 1.29 is 14.7 Å². The van der Waals surface area contributed by atoms with Crippen LogP contribution >= 0.6 is 0 Å². The largest absolute Gasteiger partial charge is 0.477 e. The summed E-state index contributed by atoms with van der Waals surface area (Å²) in [5, 5.41) is 20.6. The van der Waals surface area contributed by atoms with Crippen LogP contribution in [0, 0.1) is 20.8 Å². The van der Waals surface area contributed by atoms with Gasteiger partial charge >= 0.3 is 5.97 Å². The Morgan fingerprint density at radius 1 is 1.18 bits per heavy atom. The fraction of sp³-hybridized carbons (Fsp3) is 0.300. The highest BCUT2D eigenvalue weighted by Crippen LogP contribution is 2.23. The van der Waals surface area contributed by atoms with Crippen molar-refractivity contribution in [3.05, 3.63) is 64.7 Å². The number of nitrogens with zero attached hydrogens (tertiary/aromatic N) is 4. The molecule has 1 amide bonds. The molecule has 0 bridgehead atoms. The number of carboxylic acids is 1. The first kappa shape index (κ1) is 19.3. The van der Waals surface area contributed by atoms with E-state index >= 15 is 0 Å². The van der Waals surface area contributed by atoms with Gasteiger partial charge in [0.15, 0.2) is 0 Å². The fourth-order valence-corrected chi connectivity index (χ4v) is 3.11. The molecule has 0 saturated heterocycles. The second kappa shape index (κ2) is 7.67. The Labute approximate surface area is 162 Å². The van der Waals surface area contributed by atoms with Crippen LogP contribution in [0.2, 0.25) is 0 Å². The van der Waals surface area contributed by atoms with E-state index in [9.17, 15) is 14.7 Å². The third-order valence-electron chi connectivity index (χ3n) is 4.85. The summed E-state index contributed by atoms with van der Waals surface area (Å²) in [5.41, 5.74) is 4.46. The average molecular weight is 381 g/mol.